The van der Waals surface area contributed by atoms with Gasteiger partial charge in [0.1, 0.15) is 11.2 Å². The van der Waals surface area contributed by atoms with Gasteiger partial charge in [-0.25, -0.2) is 0 Å². The first-order chi connectivity index (χ1) is 29.4. The zero-order valence-electron chi connectivity index (χ0n) is 34.3. The number of fused-ring (bicyclic) bond motifs is 7. The van der Waals surface area contributed by atoms with Gasteiger partial charge in [-0.15, -0.1) is 0 Å². The van der Waals surface area contributed by atoms with E-state index in [1.807, 2.05) is 102 Å². The van der Waals surface area contributed by atoms with E-state index in [9.17, 15) is 5.48 Å². The van der Waals surface area contributed by atoms with Crippen LogP contribution in [0.1, 0.15) is 5.48 Å². The number of hydrogen-bond acceptors (Lipinski definition) is 2. The van der Waals surface area contributed by atoms with Crippen LogP contribution in [-0.4, -0.2) is 0 Å². The summed E-state index contributed by atoms with van der Waals surface area (Å²) in [5, 5.41) is 8.32. The van der Waals surface area contributed by atoms with Gasteiger partial charge >= 0.3 is 0 Å². The summed E-state index contributed by atoms with van der Waals surface area (Å²) in [5.41, 5.74) is 8.17. The van der Waals surface area contributed by atoms with Crippen molar-refractivity contribution in [2.75, 3.05) is 4.90 Å². The quantitative estimate of drug-likeness (QED) is 0.170. The molecule has 0 aliphatic carbocycles. The Labute approximate surface area is 330 Å². The van der Waals surface area contributed by atoms with Crippen LogP contribution >= 0.6 is 0 Å². The number of furan rings is 1. The average molecular weight is 718 g/mol. The summed E-state index contributed by atoms with van der Waals surface area (Å²) in [5.74, 6) is 0. The van der Waals surface area contributed by atoms with Crippen molar-refractivity contribution >= 4 is 71.3 Å². The van der Waals surface area contributed by atoms with Gasteiger partial charge in [0.2, 0.25) is 0 Å². The largest absolute Gasteiger partial charge is 0.455 e. The number of anilines is 3. The van der Waals surface area contributed by atoms with Gasteiger partial charge in [0.25, 0.3) is 0 Å². The number of benzene rings is 10. The van der Waals surface area contributed by atoms with Crippen LogP contribution in [0.5, 0.6) is 0 Å². The van der Waals surface area contributed by atoms with E-state index in [0.717, 1.165) is 82.2 Å². The van der Waals surface area contributed by atoms with Crippen LogP contribution < -0.4 is 4.90 Å². The molecule has 1 aromatic heterocycles. The van der Waals surface area contributed by atoms with Gasteiger partial charge in [0.05, 0.1) is 11.2 Å². The second-order valence-electron chi connectivity index (χ2n) is 14.2. The van der Waals surface area contributed by atoms with Crippen LogP contribution in [-0.2, 0) is 0 Å². The Bertz CT molecular complexity index is 3460. The van der Waals surface area contributed by atoms with Gasteiger partial charge in [0, 0.05) is 33.1 Å². The first-order valence-electron chi connectivity index (χ1n) is 20.8. The molecule has 0 aliphatic rings. The highest BCUT2D eigenvalue weighted by atomic mass is 16.3. The fraction of sp³-hybridized carbons (Fsp3) is 0. The Morgan fingerprint density at radius 2 is 0.929 bits per heavy atom. The Hall–Kier alpha value is -7.42. The van der Waals surface area contributed by atoms with Crippen molar-refractivity contribution in [2.45, 2.75) is 0 Å². The molecule has 0 bridgehead atoms. The standard InChI is InChI=1S/C54H35NO/c1-3-15-44-36(11-1)13-9-19-46(44)38-23-29-42(30-24-38)55(43-31-25-39(26-32-43)47-20-10-14-37-12-2-4-16-45(37)47)52-21-7-5-17-48(52)40-27-33-49-41(35-40)28-34-51-50-18-6-8-22-53(50)56-54(49)51/h1-35H/i23D,24D,29D,30D. The van der Waals surface area contributed by atoms with Crippen molar-refractivity contribution in [1.82, 2.24) is 0 Å². The van der Waals surface area contributed by atoms with Crippen LogP contribution in [0.2, 0.25) is 0 Å². The minimum atomic E-state index is -0.127. The van der Waals surface area contributed by atoms with E-state index in [4.69, 9.17) is 4.42 Å². The van der Waals surface area contributed by atoms with Crippen molar-refractivity contribution < 1.29 is 9.90 Å². The lowest BCUT2D eigenvalue weighted by Crippen LogP contribution is -2.11. The molecule has 0 amide bonds. The summed E-state index contributed by atoms with van der Waals surface area (Å²) < 4.78 is 44.8. The smallest absolute Gasteiger partial charge is 0.143 e. The van der Waals surface area contributed by atoms with E-state index in [1.54, 1.807) is 0 Å². The highest BCUT2D eigenvalue weighted by Gasteiger charge is 2.19. The average Bonchev–Trinajstić information content (AvgIpc) is 3.69. The van der Waals surface area contributed by atoms with Crippen molar-refractivity contribution in [2.24, 2.45) is 0 Å². The number of rotatable bonds is 6. The van der Waals surface area contributed by atoms with Crippen molar-refractivity contribution in [3.8, 4) is 33.4 Å². The summed E-state index contributed by atoms with van der Waals surface area (Å²) in [6.07, 6.45) is 0. The lowest BCUT2D eigenvalue weighted by Gasteiger charge is -2.28. The molecule has 0 radical (unpaired) electrons. The Morgan fingerprint density at radius 1 is 0.357 bits per heavy atom. The van der Waals surface area contributed by atoms with E-state index < -0.39 is 0 Å². The van der Waals surface area contributed by atoms with E-state index in [-0.39, 0.29) is 35.4 Å². The Morgan fingerprint density at radius 3 is 1.68 bits per heavy atom. The summed E-state index contributed by atoms with van der Waals surface area (Å²) in [7, 11) is 0. The molecule has 56 heavy (non-hydrogen) atoms. The topological polar surface area (TPSA) is 16.4 Å². The lowest BCUT2D eigenvalue weighted by atomic mass is 9.96. The number of nitrogens with zero attached hydrogens (tertiary/aromatic N) is 1. The molecule has 0 fully saturated rings. The van der Waals surface area contributed by atoms with Crippen molar-refractivity contribution in [3.05, 3.63) is 212 Å². The summed E-state index contributed by atoms with van der Waals surface area (Å²) >= 11 is 0. The minimum absolute atomic E-state index is 0.0993. The van der Waals surface area contributed by atoms with Gasteiger partial charge < -0.3 is 9.32 Å². The third-order valence-corrected chi connectivity index (χ3v) is 10.9. The third-order valence-electron chi connectivity index (χ3n) is 10.9. The van der Waals surface area contributed by atoms with Crippen molar-refractivity contribution in [3.63, 3.8) is 0 Å². The molecule has 0 atom stereocenters. The maximum Gasteiger partial charge on any atom is 0.143 e. The van der Waals surface area contributed by atoms with Crippen LogP contribution in [0.25, 0.3) is 87.6 Å². The second kappa shape index (κ2) is 13.2. The molecular weight excluding hydrogens is 679 g/mol. The fourth-order valence-corrected chi connectivity index (χ4v) is 8.24. The molecular formula is C54H35NO. The van der Waals surface area contributed by atoms with E-state index in [0.29, 0.717) is 11.3 Å². The molecule has 0 saturated carbocycles. The molecule has 2 nitrogen and oxygen atoms in total. The van der Waals surface area contributed by atoms with Gasteiger partial charge in [-0.1, -0.05) is 158 Å². The predicted molar refractivity (Wildman–Crippen MR) is 237 cm³/mol. The van der Waals surface area contributed by atoms with Gasteiger partial charge in [-0.3, -0.25) is 0 Å². The molecule has 0 spiro atoms. The summed E-state index contributed by atoms with van der Waals surface area (Å²) in [6.45, 7) is 0. The van der Waals surface area contributed by atoms with E-state index >= 15 is 0 Å². The molecule has 0 unspecified atom stereocenters. The van der Waals surface area contributed by atoms with Crippen molar-refractivity contribution in [1.29, 1.82) is 0 Å². The highest BCUT2D eigenvalue weighted by Crippen LogP contribution is 2.44. The van der Waals surface area contributed by atoms with Crippen LogP contribution in [0, 0.1) is 0 Å². The summed E-state index contributed by atoms with van der Waals surface area (Å²) in [6, 6.07) is 62.7. The zero-order chi connectivity index (χ0) is 40.5. The second-order valence-corrected chi connectivity index (χ2v) is 14.2. The first-order valence-corrected chi connectivity index (χ1v) is 18.8. The summed E-state index contributed by atoms with van der Waals surface area (Å²) in [4.78, 5) is 1.89. The van der Waals surface area contributed by atoms with Gasteiger partial charge in [0.15, 0.2) is 0 Å². The van der Waals surface area contributed by atoms with E-state index in [1.165, 1.54) is 0 Å². The molecule has 1 heterocycles. The molecule has 262 valence electrons. The molecule has 11 aromatic rings. The first kappa shape index (κ1) is 28.1. The van der Waals surface area contributed by atoms with Gasteiger partial charge in [-0.05, 0) is 109 Å². The highest BCUT2D eigenvalue weighted by molar-refractivity contribution is 6.15. The van der Waals surface area contributed by atoms with Gasteiger partial charge in [-0.2, -0.15) is 0 Å². The molecule has 0 saturated heterocycles. The molecule has 11 rings (SSSR count). The van der Waals surface area contributed by atoms with Crippen LogP contribution in [0.15, 0.2) is 217 Å². The number of para-hydroxylation sites is 2. The molecule has 0 aliphatic heterocycles. The minimum Gasteiger partial charge on any atom is -0.455 e. The zero-order valence-corrected chi connectivity index (χ0v) is 30.3. The predicted octanol–water partition coefficient (Wildman–Crippen LogP) is 15.5. The third kappa shape index (κ3) is 5.34. The molecule has 0 N–H and O–H groups in total. The van der Waals surface area contributed by atoms with Crippen LogP contribution in [0.3, 0.4) is 0 Å². The van der Waals surface area contributed by atoms with Crippen LogP contribution in [0.4, 0.5) is 17.1 Å². The Balaban J connectivity index is 1.12. The lowest BCUT2D eigenvalue weighted by molar-refractivity contribution is 0.672. The monoisotopic (exact) mass is 717 g/mol. The maximum absolute atomic E-state index is 9.69. The normalized spacial score (nSPS) is 12.6. The fourth-order valence-electron chi connectivity index (χ4n) is 8.24. The molecule has 10 aromatic carbocycles. The number of hydrogen-bond donors (Lipinski definition) is 0. The maximum atomic E-state index is 9.69. The SMILES string of the molecule is [2H]c1c([2H])c(N(c2ccc(-c3cccc4ccccc34)cc2)c2ccccc2-c2ccc3c(ccc4c5ccccc5oc34)c2)c([2H])c([2H])c1-c1cccc2ccccc12. The molecule has 2 heteroatoms. The van der Waals surface area contributed by atoms with E-state index in [2.05, 4.69) is 91.0 Å². The Kier molecular flexibility index (Phi) is 6.60.